The van der Waals surface area contributed by atoms with Crippen LogP contribution in [-0.4, -0.2) is 27.3 Å². The number of guanidine groups is 1. The number of hydrogen-bond donors (Lipinski definition) is 2. The number of rotatable bonds is 8. The maximum atomic E-state index is 5.40. The molecule has 0 saturated heterocycles. The van der Waals surface area contributed by atoms with Gasteiger partial charge >= 0.3 is 0 Å². The smallest absolute Gasteiger partial charge is 0.192 e. The van der Waals surface area contributed by atoms with Crippen molar-refractivity contribution in [2.75, 3.05) is 6.54 Å². The van der Waals surface area contributed by atoms with E-state index in [1.165, 1.54) is 5.56 Å². The SMILES string of the molecule is CCc1nncn1CCNC(=NCc1ccco1)NC(C)c1ccccc1Br. The van der Waals surface area contributed by atoms with E-state index in [2.05, 4.69) is 61.7 Å². The lowest BCUT2D eigenvalue weighted by Gasteiger charge is -2.20. The lowest BCUT2D eigenvalue weighted by molar-refractivity contribution is 0.511. The molecule has 1 aromatic carbocycles. The highest BCUT2D eigenvalue weighted by Crippen LogP contribution is 2.22. The molecular formula is C20H25BrN6O. The van der Waals surface area contributed by atoms with Crippen LogP contribution in [0.1, 0.15) is 37.0 Å². The summed E-state index contributed by atoms with van der Waals surface area (Å²) < 4.78 is 8.51. The minimum Gasteiger partial charge on any atom is -0.467 e. The monoisotopic (exact) mass is 444 g/mol. The first-order valence-electron chi connectivity index (χ1n) is 9.35. The van der Waals surface area contributed by atoms with E-state index >= 15 is 0 Å². The first kappa shape index (κ1) is 20.1. The molecule has 0 spiro atoms. The van der Waals surface area contributed by atoms with Crippen LogP contribution in [0.3, 0.4) is 0 Å². The summed E-state index contributed by atoms with van der Waals surface area (Å²) in [4.78, 5) is 4.67. The third kappa shape index (κ3) is 5.45. The van der Waals surface area contributed by atoms with E-state index in [0.29, 0.717) is 13.1 Å². The molecule has 148 valence electrons. The van der Waals surface area contributed by atoms with E-state index in [0.717, 1.165) is 35.0 Å². The van der Waals surface area contributed by atoms with Crippen LogP contribution in [0, 0.1) is 0 Å². The standard InChI is InChI=1S/C20H25BrN6O/c1-3-19-26-24-14-27(19)11-10-22-20(23-13-16-7-6-12-28-16)25-15(2)17-8-4-5-9-18(17)21/h4-9,12,14-15H,3,10-11,13H2,1-2H3,(H2,22,23,25). The molecule has 8 heteroatoms. The topological polar surface area (TPSA) is 80.3 Å². The highest BCUT2D eigenvalue weighted by molar-refractivity contribution is 9.10. The van der Waals surface area contributed by atoms with Gasteiger partial charge in [-0.25, -0.2) is 4.99 Å². The van der Waals surface area contributed by atoms with Crippen molar-refractivity contribution < 1.29 is 4.42 Å². The highest BCUT2D eigenvalue weighted by Gasteiger charge is 2.11. The van der Waals surface area contributed by atoms with Crippen molar-refractivity contribution in [3.63, 3.8) is 0 Å². The average molecular weight is 445 g/mol. The van der Waals surface area contributed by atoms with E-state index in [1.54, 1.807) is 12.6 Å². The summed E-state index contributed by atoms with van der Waals surface area (Å²) in [5.74, 6) is 2.53. The third-order valence-corrected chi connectivity index (χ3v) is 5.08. The zero-order valence-electron chi connectivity index (χ0n) is 16.1. The number of halogens is 1. The Bertz CT molecular complexity index is 890. The molecule has 2 aromatic heterocycles. The second-order valence-corrected chi connectivity index (χ2v) is 7.21. The molecule has 0 aliphatic heterocycles. The predicted molar refractivity (Wildman–Crippen MR) is 113 cm³/mol. The molecule has 3 aromatic rings. The van der Waals surface area contributed by atoms with Gasteiger partial charge in [-0.15, -0.1) is 10.2 Å². The van der Waals surface area contributed by atoms with Crippen LogP contribution in [0.2, 0.25) is 0 Å². The Labute approximate surface area is 173 Å². The first-order valence-corrected chi connectivity index (χ1v) is 10.1. The van der Waals surface area contributed by atoms with Gasteiger partial charge in [0.25, 0.3) is 0 Å². The number of nitrogens with zero attached hydrogens (tertiary/aromatic N) is 4. The van der Waals surface area contributed by atoms with E-state index in [4.69, 9.17) is 4.42 Å². The highest BCUT2D eigenvalue weighted by atomic mass is 79.9. The second-order valence-electron chi connectivity index (χ2n) is 6.35. The molecule has 3 rings (SSSR count). The molecular weight excluding hydrogens is 420 g/mol. The average Bonchev–Trinajstić information content (AvgIpc) is 3.37. The lowest BCUT2D eigenvalue weighted by atomic mass is 10.1. The van der Waals surface area contributed by atoms with Crippen LogP contribution in [-0.2, 0) is 19.5 Å². The van der Waals surface area contributed by atoms with Crippen molar-refractivity contribution in [1.29, 1.82) is 0 Å². The summed E-state index contributed by atoms with van der Waals surface area (Å²) in [6, 6.07) is 12.0. The minimum absolute atomic E-state index is 0.0829. The molecule has 28 heavy (non-hydrogen) atoms. The van der Waals surface area contributed by atoms with Crippen LogP contribution in [0.5, 0.6) is 0 Å². The number of furan rings is 1. The molecule has 0 bridgehead atoms. The van der Waals surface area contributed by atoms with E-state index in [1.807, 2.05) is 34.9 Å². The quantitative estimate of drug-likeness (QED) is 0.408. The van der Waals surface area contributed by atoms with Gasteiger partial charge in [-0.3, -0.25) is 0 Å². The predicted octanol–water partition coefficient (Wildman–Crippen LogP) is 3.69. The van der Waals surface area contributed by atoms with Crippen LogP contribution in [0.4, 0.5) is 0 Å². The van der Waals surface area contributed by atoms with Gasteiger partial charge in [0.2, 0.25) is 0 Å². The number of aliphatic imine (C=N–C) groups is 1. The number of nitrogens with one attached hydrogen (secondary N) is 2. The summed E-state index contributed by atoms with van der Waals surface area (Å²) >= 11 is 3.62. The number of aryl methyl sites for hydroxylation is 1. The molecule has 2 N–H and O–H groups in total. The molecule has 1 atom stereocenters. The fourth-order valence-corrected chi connectivity index (χ4v) is 3.48. The zero-order chi connectivity index (χ0) is 19.8. The summed E-state index contributed by atoms with van der Waals surface area (Å²) in [5.41, 5.74) is 1.17. The summed E-state index contributed by atoms with van der Waals surface area (Å²) in [6.45, 7) is 6.13. The molecule has 0 radical (unpaired) electrons. The van der Waals surface area contributed by atoms with Crippen LogP contribution in [0.15, 0.2) is 62.9 Å². The molecule has 0 saturated carbocycles. The van der Waals surface area contributed by atoms with Crippen LogP contribution < -0.4 is 10.6 Å². The lowest BCUT2D eigenvalue weighted by Crippen LogP contribution is -2.40. The van der Waals surface area contributed by atoms with Crippen LogP contribution >= 0.6 is 15.9 Å². The van der Waals surface area contributed by atoms with Crippen LogP contribution in [0.25, 0.3) is 0 Å². The fraction of sp³-hybridized carbons (Fsp3) is 0.350. The molecule has 1 unspecified atom stereocenters. The van der Waals surface area contributed by atoms with Gasteiger partial charge < -0.3 is 19.6 Å². The molecule has 0 aliphatic carbocycles. The largest absolute Gasteiger partial charge is 0.467 e. The van der Waals surface area contributed by atoms with Gasteiger partial charge in [0.1, 0.15) is 24.5 Å². The molecule has 7 nitrogen and oxygen atoms in total. The van der Waals surface area contributed by atoms with Gasteiger partial charge in [0, 0.05) is 24.0 Å². The van der Waals surface area contributed by atoms with Crippen molar-refractivity contribution in [2.24, 2.45) is 4.99 Å². The second kappa shape index (κ2) is 10.1. The summed E-state index contributed by atoms with van der Waals surface area (Å²) in [6.07, 6.45) is 4.28. The molecule has 2 heterocycles. The minimum atomic E-state index is 0.0829. The van der Waals surface area contributed by atoms with Gasteiger partial charge in [-0.05, 0) is 30.7 Å². The maximum absolute atomic E-state index is 5.40. The summed E-state index contributed by atoms with van der Waals surface area (Å²) in [5, 5.41) is 15.0. The van der Waals surface area contributed by atoms with Gasteiger partial charge in [-0.1, -0.05) is 41.1 Å². The van der Waals surface area contributed by atoms with Crippen molar-refractivity contribution in [3.8, 4) is 0 Å². The Morgan fingerprint density at radius 2 is 2.14 bits per heavy atom. The molecule has 0 aliphatic rings. The fourth-order valence-electron chi connectivity index (χ4n) is 2.86. The van der Waals surface area contributed by atoms with Crippen molar-refractivity contribution >= 4 is 21.9 Å². The van der Waals surface area contributed by atoms with E-state index < -0.39 is 0 Å². The Kier molecular flexibility index (Phi) is 7.25. The van der Waals surface area contributed by atoms with Crippen molar-refractivity contribution in [3.05, 3.63) is 70.6 Å². The van der Waals surface area contributed by atoms with E-state index in [9.17, 15) is 0 Å². The Balaban J connectivity index is 1.66. The summed E-state index contributed by atoms with van der Waals surface area (Å²) in [7, 11) is 0. The zero-order valence-corrected chi connectivity index (χ0v) is 17.7. The molecule has 0 fully saturated rings. The van der Waals surface area contributed by atoms with Gasteiger partial charge in [-0.2, -0.15) is 0 Å². The first-order chi connectivity index (χ1) is 13.7. The van der Waals surface area contributed by atoms with Gasteiger partial charge in [0.05, 0.1) is 12.3 Å². The number of benzene rings is 1. The van der Waals surface area contributed by atoms with Gasteiger partial charge in [0.15, 0.2) is 5.96 Å². The van der Waals surface area contributed by atoms with Crippen molar-refractivity contribution in [2.45, 2.75) is 39.4 Å². The van der Waals surface area contributed by atoms with Crippen molar-refractivity contribution in [1.82, 2.24) is 25.4 Å². The normalized spacial score (nSPS) is 12.8. The molecule has 0 amide bonds. The Hall–Kier alpha value is -2.61. The number of aromatic nitrogens is 3. The number of hydrogen-bond acceptors (Lipinski definition) is 4. The Morgan fingerprint density at radius 3 is 2.89 bits per heavy atom. The maximum Gasteiger partial charge on any atom is 0.192 e. The Morgan fingerprint density at radius 1 is 1.29 bits per heavy atom. The third-order valence-electron chi connectivity index (χ3n) is 4.36. The van der Waals surface area contributed by atoms with E-state index in [-0.39, 0.29) is 6.04 Å².